The van der Waals surface area contributed by atoms with Crippen LogP contribution in [0.5, 0.6) is 5.75 Å². The summed E-state index contributed by atoms with van der Waals surface area (Å²) in [5.74, 6) is 0.892. The molecule has 1 amide bonds. The highest BCUT2D eigenvalue weighted by atomic mass is 32.1. The van der Waals surface area contributed by atoms with Crippen molar-refractivity contribution < 1.29 is 9.53 Å². The van der Waals surface area contributed by atoms with Crippen LogP contribution in [0.25, 0.3) is 0 Å². The minimum Gasteiger partial charge on any atom is -0.497 e. The molecular weight excluding hydrogens is 270 g/mol. The van der Waals surface area contributed by atoms with E-state index in [1.807, 2.05) is 41.8 Å². The highest BCUT2D eigenvalue weighted by Crippen LogP contribution is 2.20. The molecule has 0 radical (unpaired) electrons. The third-order valence-corrected chi connectivity index (χ3v) is 4.05. The molecule has 20 heavy (non-hydrogen) atoms. The number of nitrogens with one attached hydrogen (secondary N) is 1. The largest absolute Gasteiger partial charge is 0.497 e. The Balaban J connectivity index is 1.98. The summed E-state index contributed by atoms with van der Waals surface area (Å²) in [5, 5.41) is 5.08. The monoisotopic (exact) mass is 289 g/mol. The summed E-state index contributed by atoms with van der Waals surface area (Å²) >= 11 is 1.61. The molecule has 0 saturated heterocycles. The van der Waals surface area contributed by atoms with Crippen LogP contribution in [0.3, 0.4) is 0 Å². The van der Waals surface area contributed by atoms with Crippen LogP contribution in [0, 0.1) is 0 Å². The first-order valence-corrected chi connectivity index (χ1v) is 7.56. The first-order valence-electron chi connectivity index (χ1n) is 6.68. The van der Waals surface area contributed by atoms with Gasteiger partial charge >= 0.3 is 0 Å². The smallest absolute Gasteiger partial charge is 0.225 e. The maximum Gasteiger partial charge on any atom is 0.225 e. The quantitative estimate of drug-likeness (QED) is 0.883. The fraction of sp³-hybridized carbons (Fsp3) is 0.312. The highest BCUT2D eigenvalue weighted by molar-refractivity contribution is 7.10. The number of methoxy groups -OCH3 is 1. The molecule has 106 valence electrons. The van der Waals surface area contributed by atoms with Gasteiger partial charge in [0.2, 0.25) is 5.91 Å². The number of benzene rings is 1. The lowest BCUT2D eigenvalue weighted by Crippen LogP contribution is -2.29. The van der Waals surface area contributed by atoms with Gasteiger partial charge in [-0.05, 0) is 35.6 Å². The Morgan fingerprint density at radius 3 is 2.60 bits per heavy atom. The van der Waals surface area contributed by atoms with Crippen LogP contribution in [-0.2, 0) is 11.2 Å². The fourth-order valence-corrected chi connectivity index (χ4v) is 2.78. The maximum absolute atomic E-state index is 12.0. The zero-order valence-electron chi connectivity index (χ0n) is 11.8. The molecule has 2 aromatic rings. The van der Waals surface area contributed by atoms with Crippen molar-refractivity contribution in [2.45, 2.75) is 25.8 Å². The number of hydrogen-bond acceptors (Lipinski definition) is 3. The molecule has 0 unspecified atom stereocenters. The Hall–Kier alpha value is -1.81. The molecule has 3 nitrogen and oxygen atoms in total. The van der Waals surface area contributed by atoms with Crippen molar-refractivity contribution in [3.63, 3.8) is 0 Å². The summed E-state index contributed by atoms with van der Waals surface area (Å²) in [6.07, 6.45) is 1.31. The second-order valence-corrected chi connectivity index (χ2v) is 5.59. The summed E-state index contributed by atoms with van der Waals surface area (Å²) in [6, 6.07) is 11.8. The minimum absolute atomic E-state index is 0.0494. The molecule has 0 aliphatic rings. The van der Waals surface area contributed by atoms with E-state index < -0.39 is 0 Å². The lowest BCUT2D eigenvalue weighted by atomic mass is 10.0. The highest BCUT2D eigenvalue weighted by Gasteiger charge is 2.13. The Morgan fingerprint density at radius 2 is 2.05 bits per heavy atom. The van der Waals surface area contributed by atoms with Gasteiger partial charge in [-0.15, -0.1) is 11.3 Å². The third-order valence-electron chi connectivity index (χ3n) is 3.18. The Labute approximate surface area is 123 Å². The fourth-order valence-electron chi connectivity index (χ4n) is 2.07. The lowest BCUT2D eigenvalue weighted by Gasteiger charge is -2.17. The summed E-state index contributed by atoms with van der Waals surface area (Å²) in [7, 11) is 1.65. The van der Waals surface area contributed by atoms with E-state index in [9.17, 15) is 4.79 Å². The third kappa shape index (κ3) is 3.84. The number of rotatable bonds is 6. The van der Waals surface area contributed by atoms with E-state index in [1.165, 1.54) is 0 Å². The second kappa shape index (κ2) is 7.10. The number of amides is 1. The predicted octanol–water partition coefficient (Wildman–Crippen LogP) is 3.57. The average Bonchev–Trinajstić information content (AvgIpc) is 2.97. The van der Waals surface area contributed by atoms with Gasteiger partial charge in [-0.25, -0.2) is 0 Å². The van der Waals surface area contributed by atoms with Crippen molar-refractivity contribution in [2.75, 3.05) is 7.11 Å². The lowest BCUT2D eigenvalue weighted by molar-refractivity contribution is -0.121. The number of thiophene rings is 1. The van der Waals surface area contributed by atoms with Gasteiger partial charge in [0.25, 0.3) is 0 Å². The van der Waals surface area contributed by atoms with Crippen molar-refractivity contribution in [3.8, 4) is 5.75 Å². The summed E-state index contributed by atoms with van der Waals surface area (Å²) in [4.78, 5) is 13.1. The van der Waals surface area contributed by atoms with Crippen LogP contribution in [0.15, 0.2) is 41.8 Å². The zero-order valence-corrected chi connectivity index (χ0v) is 12.6. The van der Waals surface area contributed by atoms with Gasteiger partial charge in [0.1, 0.15) is 5.75 Å². The molecule has 0 aliphatic carbocycles. The van der Waals surface area contributed by atoms with Crippen LogP contribution in [0.2, 0.25) is 0 Å². The van der Waals surface area contributed by atoms with Crippen molar-refractivity contribution in [1.29, 1.82) is 0 Å². The topological polar surface area (TPSA) is 38.3 Å². The maximum atomic E-state index is 12.0. The van der Waals surface area contributed by atoms with Crippen LogP contribution in [0.4, 0.5) is 0 Å². The van der Waals surface area contributed by atoms with Crippen LogP contribution >= 0.6 is 11.3 Å². The van der Waals surface area contributed by atoms with E-state index in [4.69, 9.17) is 4.74 Å². The molecule has 0 bridgehead atoms. The van der Waals surface area contributed by atoms with Crippen molar-refractivity contribution in [1.82, 2.24) is 5.32 Å². The Morgan fingerprint density at radius 1 is 1.30 bits per heavy atom. The molecule has 0 aliphatic heterocycles. The number of ether oxygens (including phenoxy) is 1. The molecule has 0 fully saturated rings. The molecule has 2 rings (SSSR count). The van der Waals surface area contributed by atoms with Gasteiger partial charge in [0, 0.05) is 4.88 Å². The molecule has 0 spiro atoms. The van der Waals surface area contributed by atoms with Crippen LogP contribution < -0.4 is 10.1 Å². The van der Waals surface area contributed by atoms with Gasteiger partial charge in [-0.2, -0.15) is 0 Å². The second-order valence-electron chi connectivity index (χ2n) is 4.56. The Kier molecular flexibility index (Phi) is 5.18. The average molecular weight is 289 g/mol. The Bertz CT molecular complexity index is 534. The van der Waals surface area contributed by atoms with E-state index in [2.05, 4.69) is 12.2 Å². The predicted molar refractivity (Wildman–Crippen MR) is 82.2 cm³/mol. The molecule has 1 aromatic heterocycles. The molecule has 0 saturated carbocycles. The summed E-state index contributed by atoms with van der Waals surface area (Å²) in [6.45, 7) is 2.07. The van der Waals surface area contributed by atoms with Gasteiger partial charge < -0.3 is 10.1 Å². The van der Waals surface area contributed by atoms with Crippen LogP contribution in [-0.4, -0.2) is 13.0 Å². The molecular formula is C16H19NO2S. The van der Waals surface area contributed by atoms with Gasteiger partial charge in [-0.1, -0.05) is 25.1 Å². The van der Waals surface area contributed by atoms with E-state index in [-0.39, 0.29) is 11.9 Å². The first kappa shape index (κ1) is 14.6. The summed E-state index contributed by atoms with van der Waals surface area (Å²) < 4.78 is 5.15. The molecule has 1 atom stereocenters. The standard InChI is InChI=1S/C16H19NO2S/c1-3-15(12-6-8-13(19-2)9-7-12)17-16(18)11-14-5-4-10-20-14/h4-10,15H,3,11H2,1-2H3,(H,17,18)/t15-/m0/s1. The van der Waals surface area contributed by atoms with E-state index in [1.54, 1.807) is 18.4 Å². The normalized spacial score (nSPS) is 11.9. The first-order chi connectivity index (χ1) is 9.72. The molecule has 1 aromatic carbocycles. The van der Waals surface area contributed by atoms with Crippen LogP contribution in [0.1, 0.15) is 29.8 Å². The molecule has 1 N–H and O–H groups in total. The van der Waals surface area contributed by atoms with Gasteiger partial charge in [0.05, 0.1) is 19.6 Å². The van der Waals surface area contributed by atoms with E-state index in [0.29, 0.717) is 6.42 Å². The molecule has 4 heteroatoms. The van der Waals surface area contributed by atoms with Gasteiger partial charge in [-0.3, -0.25) is 4.79 Å². The number of carbonyl (C=O) groups is 1. The van der Waals surface area contributed by atoms with Crippen molar-refractivity contribution in [2.24, 2.45) is 0 Å². The SMILES string of the molecule is CC[C@H](NC(=O)Cc1cccs1)c1ccc(OC)cc1. The molecule has 1 heterocycles. The minimum atomic E-state index is 0.0494. The number of carbonyl (C=O) groups excluding carboxylic acids is 1. The van der Waals surface area contributed by atoms with Gasteiger partial charge in [0.15, 0.2) is 0 Å². The van der Waals surface area contributed by atoms with Crippen molar-refractivity contribution >= 4 is 17.2 Å². The van der Waals surface area contributed by atoms with Crippen molar-refractivity contribution in [3.05, 3.63) is 52.2 Å². The number of hydrogen-bond donors (Lipinski definition) is 1. The zero-order chi connectivity index (χ0) is 14.4. The summed E-state index contributed by atoms with van der Waals surface area (Å²) in [5.41, 5.74) is 1.10. The van der Waals surface area contributed by atoms with E-state index >= 15 is 0 Å². The van der Waals surface area contributed by atoms with E-state index in [0.717, 1.165) is 22.6 Å².